The van der Waals surface area contributed by atoms with Crippen LogP contribution in [0.3, 0.4) is 0 Å². The zero-order valence-electron chi connectivity index (χ0n) is 17.7. The first-order valence-corrected chi connectivity index (χ1v) is 9.94. The second-order valence-corrected chi connectivity index (χ2v) is 7.55. The van der Waals surface area contributed by atoms with Crippen molar-refractivity contribution in [1.29, 1.82) is 0 Å². The van der Waals surface area contributed by atoms with Crippen LogP contribution in [0.5, 0.6) is 0 Å². The normalized spacial score (nSPS) is 15.2. The van der Waals surface area contributed by atoms with Crippen molar-refractivity contribution in [3.8, 4) is 0 Å². The van der Waals surface area contributed by atoms with Crippen LogP contribution in [0.25, 0.3) is 0 Å². The van der Waals surface area contributed by atoms with Crippen molar-refractivity contribution >= 4 is 41.8 Å². The maximum atomic E-state index is 12.6. The number of amides is 2. The van der Waals surface area contributed by atoms with E-state index in [-0.39, 0.29) is 41.2 Å². The third-order valence-corrected chi connectivity index (χ3v) is 5.22. The lowest BCUT2D eigenvalue weighted by Gasteiger charge is -2.31. The van der Waals surface area contributed by atoms with Crippen LogP contribution in [0.1, 0.15) is 37.7 Å². The van der Waals surface area contributed by atoms with Crippen LogP contribution >= 0.6 is 24.0 Å². The average molecular weight is 515 g/mol. The molecule has 1 aromatic rings. The summed E-state index contributed by atoms with van der Waals surface area (Å²) in [7, 11) is 5.31. The molecule has 29 heavy (non-hydrogen) atoms. The lowest BCUT2D eigenvalue weighted by Crippen LogP contribution is -2.49. The van der Waals surface area contributed by atoms with Crippen LogP contribution in [0, 0.1) is 5.41 Å². The number of rotatable bonds is 8. The molecular weight excluding hydrogens is 481 g/mol. The van der Waals surface area contributed by atoms with Gasteiger partial charge in [-0.25, -0.2) is 0 Å². The van der Waals surface area contributed by atoms with E-state index in [0.717, 1.165) is 31.2 Å². The quantitative estimate of drug-likeness (QED) is 0.282. The molecule has 0 aromatic heterocycles. The molecule has 0 spiro atoms. The Morgan fingerprint density at radius 3 is 2.31 bits per heavy atom. The van der Waals surface area contributed by atoms with Gasteiger partial charge in [-0.15, -0.1) is 24.0 Å². The Labute approximate surface area is 191 Å². The summed E-state index contributed by atoms with van der Waals surface area (Å²) in [5.74, 6) is 0.781. The number of guanidine groups is 1. The van der Waals surface area contributed by atoms with Gasteiger partial charge in [-0.05, 0) is 18.4 Å². The number of benzene rings is 1. The molecule has 2 rings (SSSR count). The number of hydrogen-bond donors (Lipinski definition) is 3. The lowest BCUT2D eigenvalue weighted by molar-refractivity contribution is -0.138. The van der Waals surface area contributed by atoms with Crippen molar-refractivity contribution < 1.29 is 9.59 Å². The highest BCUT2D eigenvalue weighted by Gasteiger charge is 2.42. The van der Waals surface area contributed by atoms with E-state index in [0.29, 0.717) is 32.0 Å². The van der Waals surface area contributed by atoms with Crippen LogP contribution in [-0.2, 0) is 16.1 Å². The second-order valence-electron chi connectivity index (χ2n) is 7.55. The Morgan fingerprint density at radius 2 is 1.72 bits per heavy atom. The minimum absolute atomic E-state index is 0. The molecule has 1 aliphatic rings. The first-order valence-electron chi connectivity index (χ1n) is 9.94. The number of hydrogen-bond acceptors (Lipinski definition) is 3. The summed E-state index contributed by atoms with van der Waals surface area (Å²) in [6.07, 6.45) is 4.31. The molecule has 162 valence electrons. The van der Waals surface area contributed by atoms with E-state index < -0.39 is 0 Å². The molecule has 7 nitrogen and oxygen atoms in total. The molecule has 0 aliphatic heterocycles. The van der Waals surface area contributed by atoms with Gasteiger partial charge in [0.25, 0.3) is 0 Å². The third-order valence-electron chi connectivity index (χ3n) is 5.22. The van der Waals surface area contributed by atoms with Gasteiger partial charge in [0.05, 0.1) is 5.41 Å². The standard InChI is InChI=1S/C21H33N5O2.HI/c1-22-20(25-16-21(12-7-8-13-21)19(28)26(2)3)23-14-11-18(27)24-15-17-9-5-4-6-10-17;/h4-6,9-10H,7-8,11-16H2,1-3H3,(H,24,27)(H2,22,23,25);1H. The molecular formula is C21H34IN5O2. The third kappa shape index (κ3) is 7.83. The summed E-state index contributed by atoms with van der Waals surface area (Å²) in [6.45, 7) is 1.57. The van der Waals surface area contributed by atoms with Gasteiger partial charge in [0.2, 0.25) is 11.8 Å². The van der Waals surface area contributed by atoms with Gasteiger partial charge < -0.3 is 20.9 Å². The van der Waals surface area contributed by atoms with Gasteiger partial charge in [-0.3, -0.25) is 14.6 Å². The average Bonchev–Trinajstić information content (AvgIpc) is 3.19. The highest BCUT2D eigenvalue weighted by Crippen LogP contribution is 2.38. The van der Waals surface area contributed by atoms with Crippen LogP contribution in [0.2, 0.25) is 0 Å². The smallest absolute Gasteiger partial charge is 0.230 e. The predicted molar refractivity (Wildman–Crippen MR) is 127 cm³/mol. The largest absolute Gasteiger partial charge is 0.356 e. The van der Waals surface area contributed by atoms with Crippen LogP contribution in [0.4, 0.5) is 0 Å². The maximum Gasteiger partial charge on any atom is 0.230 e. The van der Waals surface area contributed by atoms with Crippen LogP contribution in [0.15, 0.2) is 35.3 Å². The van der Waals surface area contributed by atoms with Crippen molar-refractivity contribution in [1.82, 2.24) is 20.9 Å². The van der Waals surface area contributed by atoms with E-state index in [9.17, 15) is 9.59 Å². The first-order chi connectivity index (χ1) is 13.5. The number of aliphatic imine (C=N–C) groups is 1. The highest BCUT2D eigenvalue weighted by molar-refractivity contribution is 14.0. The van der Waals surface area contributed by atoms with E-state index >= 15 is 0 Å². The molecule has 1 aromatic carbocycles. The molecule has 1 aliphatic carbocycles. The lowest BCUT2D eigenvalue weighted by atomic mass is 9.84. The Hall–Kier alpha value is -1.84. The maximum absolute atomic E-state index is 12.6. The number of nitrogens with zero attached hydrogens (tertiary/aromatic N) is 2. The van der Waals surface area contributed by atoms with Crippen molar-refractivity contribution in [2.75, 3.05) is 34.2 Å². The summed E-state index contributed by atoms with van der Waals surface area (Å²) in [5, 5.41) is 9.35. The topological polar surface area (TPSA) is 85.8 Å². The molecule has 0 saturated heterocycles. The monoisotopic (exact) mass is 515 g/mol. The van der Waals surface area contributed by atoms with Gasteiger partial charge in [-0.1, -0.05) is 43.2 Å². The molecule has 0 atom stereocenters. The minimum Gasteiger partial charge on any atom is -0.356 e. The predicted octanol–water partition coefficient (Wildman–Crippen LogP) is 2.12. The molecule has 1 fully saturated rings. The van der Waals surface area contributed by atoms with Gasteiger partial charge >= 0.3 is 0 Å². The van der Waals surface area contributed by atoms with Crippen molar-refractivity contribution in [2.45, 2.75) is 38.6 Å². The molecule has 8 heteroatoms. The molecule has 0 heterocycles. The minimum atomic E-state index is -0.353. The Kier molecular flexibility index (Phi) is 11.0. The fourth-order valence-corrected chi connectivity index (χ4v) is 3.65. The summed E-state index contributed by atoms with van der Waals surface area (Å²) < 4.78 is 0. The van der Waals surface area contributed by atoms with Crippen molar-refractivity contribution in [2.24, 2.45) is 10.4 Å². The summed E-state index contributed by atoms with van der Waals surface area (Å²) in [6, 6.07) is 9.83. The van der Waals surface area contributed by atoms with E-state index in [4.69, 9.17) is 0 Å². The fraction of sp³-hybridized carbons (Fsp3) is 0.571. The molecule has 1 saturated carbocycles. The Morgan fingerprint density at radius 1 is 1.07 bits per heavy atom. The number of nitrogens with one attached hydrogen (secondary N) is 3. The number of halogens is 1. The molecule has 0 bridgehead atoms. The zero-order valence-corrected chi connectivity index (χ0v) is 20.0. The van der Waals surface area contributed by atoms with Gasteiger partial charge in [-0.2, -0.15) is 0 Å². The Balaban J connectivity index is 0.00000420. The second kappa shape index (κ2) is 12.7. The van der Waals surface area contributed by atoms with E-state index in [1.165, 1.54) is 0 Å². The number of carbonyl (C=O) groups excluding carboxylic acids is 2. The van der Waals surface area contributed by atoms with Crippen molar-refractivity contribution in [3.63, 3.8) is 0 Å². The highest BCUT2D eigenvalue weighted by atomic mass is 127. The molecule has 3 N–H and O–H groups in total. The van der Waals surface area contributed by atoms with Crippen LogP contribution in [-0.4, -0.2) is 56.9 Å². The molecule has 0 unspecified atom stereocenters. The van der Waals surface area contributed by atoms with Crippen LogP contribution < -0.4 is 16.0 Å². The van der Waals surface area contributed by atoms with Crippen molar-refractivity contribution in [3.05, 3.63) is 35.9 Å². The van der Waals surface area contributed by atoms with Gasteiger partial charge in [0, 0.05) is 47.2 Å². The first kappa shape index (κ1) is 25.2. The Bertz CT molecular complexity index is 673. The van der Waals surface area contributed by atoms with E-state index in [1.807, 2.05) is 44.4 Å². The molecule has 0 radical (unpaired) electrons. The van der Waals surface area contributed by atoms with E-state index in [2.05, 4.69) is 20.9 Å². The van der Waals surface area contributed by atoms with Gasteiger partial charge in [0.15, 0.2) is 5.96 Å². The SMILES string of the molecule is CN=C(NCCC(=O)NCc1ccccc1)NCC1(C(=O)N(C)C)CCCC1.I. The number of carbonyl (C=O) groups is 2. The fourth-order valence-electron chi connectivity index (χ4n) is 3.65. The summed E-state index contributed by atoms with van der Waals surface area (Å²) >= 11 is 0. The van der Waals surface area contributed by atoms with Gasteiger partial charge in [0.1, 0.15) is 0 Å². The van der Waals surface area contributed by atoms with E-state index in [1.54, 1.807) is 11.9 Å². The zero-order chi connectivity index (χ0) is 20.4. The molecule has 2 amide bonds. The summed E-state index contributed by atoms with van der Waals surface area (Å²) in [5.41, 5.74) is 0.725. The summed E-state index contributed by atoms with van der Waals surface area (Å²) in [4.78, 5) is 30.5.